The summed E-state index contributed by atoms with van der Waals surface area (Å²) >= 11 is 0. The zero-order chi connectivity index (χ0) is 11.9. The van der Waals surface area contributed by atoms with Crippen molar-refractivity contribution in [2.75, 3.05) is 0 Å². The molecule has 2 heterocycles. The van der Waals surface area contributed by atoms with Crippen molar-refractivity contribution in [1.29, 1.82) is 0 Å². The third-order valence-electron chi connectivity index (χ3n) is 2.60. The van der Waals surface area contributed by atoms with E-state index in [0.29, 0.717) is 17.6 Å². The van der Waals surface area contributed by atoms with Gasteiger partial charge in [0.2, 0.25) is 0 Å². The fourth-order valence-corrected chi connectivity index (χ4v) is 1.88. The number of alkyl halides is 3. The number of aromatic nitrogens is 2. The van der Waals surface area contributed by atoms with Crippen LogP contribution in [0.4, 0.5) is 13.2 Å². The van der Waals surface area contributed by atoms with Crippen molar-refractivity contribution in [2.24, 2.45) is 0 Å². The first-order chi connectivity index (χ1) is 7.45. The third kappa shape index (κ3) is 1.56. The summed E-state index contributed by atoms with van der Waals surface area (Å²) in [7, 11) is 0. The van der Waals surface area contributed by atoms with E-state index < -0.39 is 11.9 Å². The van der Waals surface area contributed by atoms with Crippen LogP contribution < -0.4 is 0 Å². The molecule has 0 aromatic carbocycles. The monoisotopic (exact) mass is 228 g/mol. The number of aryl methyl sites for hydroxylation is 2. The smallest absolute Gasteiger partial charge is 0.228 e. The van der Waals surface area contributed by atoms with Gasteiger partial charge < -0.3 is 0 Å². The molecule has 0 radical (unpaired) electrons. The van der Waals surface area contributed by atoms with Gasteiger partial charge in [-0.15, -0.1) is 0 Å². The summed E-state index contributed by atoms with van der Waals surface area (Å²) in [6.45, 7) is 3.64. The van der Waals surface area contributed by atoms with Crippen LogP contribution in [-0.2, 0) is 12.6 Å². The number of nitrogens with zero attached hydrogens (tertiary/aromatic N) is 2. The summed E-state index contributed by atoms with van der Waals surface area (Å²) in [6.07, 6.45) is -3.69. The fraction of sp³-hybridized carbons (Fsp3) is 0.364. The molecule has 0 bridgehead atoms. The highest BCUT2D eigenvalue weighted by molar-refractivity contribution is 5.57. The van der Waals surface area contributed by atoms with Gasteiger partial charge in [-0.25, -0.2) is 4.52 Å². The van der Waals surface area contributed by atoms with Crippen LogP contribution in [0.1, 0.15) is 23.9 Å². The lowest BCUT2D eigenvalue weighted by molar-refractivity contribution is -0.142. The van der Waals surface area contributed by atoms with Crippen molar-refractivity contribution < 1.29 is 13.2 Å². The van der Waals surface area contributed by atoms with Gasteiger partial charge in [0, 0.05) is 5.56 Å². The average molecular weight is 228 g/mol. The van der Waals surface area contributed by atoms with E-state index in [9.17, 15) is 13.2 Å². The number of hydrogen-bond acceptors (Lipinski definition) is 1. The van der Waals surface area contributed by atoms with Crippen molar-refractivity contribution in [3.63, 3.8) is 0 Å². The van der Waals surface area contributed by atoms with Gasteiger partial charge in [-0.1, -0.05) is 13.0 Å². The topological polar surface area (TPSA) is 17.3 Å². The fourth-order valence-electron chi connectivity index (χ4n) is 1.88. The first-order valence-electron chi connectivity index (χ1n) is 4.99. The minimum absolute atomic E-state index is 0.537. The molecule has 0 saturated heterocycles. The SMILES string of the molecule is CCc1c(C)nn2c(C(F)(F)F)cccc12. The summed E-state index contributed by atoms with van der Waals surface area (Å²) in [5.74, 6) is 0. The van der Waals surface area contributed by atoms with Crippen molar-refractivity contribution in [3.05, 3.63) is 35.2 Å². The lowest BCUT2D eigenvalue weighted by Crippen LogP contribution is -2.12. The van der Waals surface area contributed by atoms with Gasteiger partial charge in [-0.2, -0.15) is 18.3 Å². The Morgan fingerprint density at radius 2 is 2.00 bits per heavy atom. The van der Waals surface area contributed by atoms with Gasteiger partial charge >= 0.3 is 6.18 Å². The van der Waals surface area contributed by atoms with Gasteiger partial charge in [0.15, 0.2) is 0 Å². The van der Waals surface area contributed by atoms with Gasteiger partial charge in [-0.3, -0.25) is 0 Å². The predicted octanol–water partition coefficient (Wildman–Crippen LogP) is 3.22. The van der Waals surface area contributed by atoms with Gasteiger partial charge in [0.05, 0.1) is 11.2 Å². The second-order valence-corrected chi connectivity index (χ2v) is 3.62. The molecule has 86 valence electrons. The Morgan fingerprint density at radius 3 is 2.56 bits per heavy atom. The molecule has 0 N–H and O–H groups in total. The Morgan fingerprint density at radius 1 is 1.31 bits per heavy atom. The Balaban J connectivity index is 2.80. The number of halogens is 3. The summed E-state index contributed by atoms with van der Waals surface area (Å²) in [6, 6.07) is 4.12. The molecule has 0 spiro atoms. The first-order valence-corrected chi connectivity index (χ1v) is 4.99. The molecule has 0 aliphatic rings. The maximum atomic E-state index is 12.7. The maximum absolute atomic E-state index is 12.7. The first kappa shape index (κ1) is 11.0. The minimum Gasteiger partial charge on any atom is -0.228 e. The van der Waals surface area contributed by atoms with Gasteiger partial charge in [-0.05, 0) is 25.5 Å². The second kappa shape index (κ2) is 3.50. The van der Waals surface area contributed by atoms with Crippen LogP contribution in [0.15, 0.2) is 18.2 Å². The summed E-state index contributed by atoms with van der Waals surface area (Å²) in [4.78, 5) is 0. The normalized spacial score (nSPS) is 12.3. The van der Waals surface area contributed by atoms with E-state index in [-0.39, 0.29) is 0 Å². The van der Waals surface area contributed by atoms with Crippen molar-refractivity contribution in [1.82, 2.24) is 9.61 Å². The molecule has 0 aliphatic carbocycles. The lowest BCUT2D eigenvalue weighted by Gasteiger charge is -2.08. The van der Waals surface area contributed by atoms with Gasteiger partial charge in [0.25, 0.3) is 0 Å². The molecule has 0 atom stereocenters. The lowest BCUT2D eigenvalue weighted by atomic mass is 10.1. The Bertz CT molecular complexity index is 526. The van der Waals surface area contributed by atoms with Crippen molar-refractivity contribution in [3.8, 4) is 0 Å². The van der Waals surface area contributed by atoms with Crippen LogP contribution >= 0.6 is 0 Å². The molecular weight excluding hydrogens is 217 g/mol. The van der Waals surface area contributed by atoms with Crippen LogP contribution in [0, 0.1) is 6.92 Å². The quantitative estimate of drug-likeness (QED) is 0.732. The molecular formula is C11H11F3N2. The Labute approximate surface area is 90.7 Å². The predicted molar refractivity (Wildman–Crippen MR) is 54.3 cm³/mol. The molecule has 0 amide bonds. The molecule has 2 rings (SSSR count). The molecule has 16 heavy (non-hydrogen) atoms. The standard InChI is InChI=1S/C11H11F3N2/c1-3-8-7(2)15-16-9(8)5-4-6-10(16)11(12,13)14/h4-6H,3H2,1-2H3. The minimum atomic E-state index is -4.37. The number of hydrogen-bond donors (Lipinski definition) is 0. The number of pyridine rings is 1. The number of rotatable bonds is 1. The Kier molecular flexibility index (Phi) is 2.40. The molecule has 2 aromatic heterocycles. The van der Waals surface area contributed by atoms with Crippen LogP contribution in [0.5, 0.6) is 0 Å². The highest BCUT2D eigenvalue weighted by atomic mass is 19.4. The molecule has 0 aliphatic heterocycles. The Hall–Kier alpha value is -1.52. The zero-order valence-corrected chi connectivity index (χ0v) is 8.97. The van der Waals surface area contributed by atoms with E-state index in [0.717, 1.165) is 16.1 Å². The van der Waals surface area contributed by atoms with Crippen LogP contribution in [0.3, 0.4) is 0 Å². The molecule has 0 saturated carbocycles. The van der Waals surface area contributed by atoms with Crippen LogP contribution in [0.25, 0.3) is 5.52 Å². The average Bonchev–Trinajstić information content (AvgIpc) is 2.50. The second-order valence-electron chi connectivity index (χ2n) is 3.62. The van der Waals surface area contributed by atoms with Crippen LogP contribution in [0.2, 0.25) is 0 Å². The molecule has 2 nitrogen and oxygen atoms in total. The number of fused-ring (bicyclic) bond motifs is 1. The van der Waals surface area contributed by atoms with Crippen LogP contribution in [-0.4, -0.2) is 9.61 Å². The van der Waals surface area contributed by atoms with Gasteiger partial charge in [0.1, 0.15) is 5.69 Å². The molecule has 2 aromatic rings. The van der Waals surface area contributed by atoms with Crippen molar-refractivity contribution >= 4 is 5.52 Å². The zero-order valence-electron chi connectivity index (χ0n) is 8.97. The summed E-state index contributed by atoms with van der Waals surface area (Å²) < 4.78 is 39.1. The highest BCUT2D eigenvalue weighted by Gasteiger charge is 2.34. The molecule has 0 unspecified atom stereocenters. The highest BCUT2D eigenvalue weighted by Crippen LogP contribution is 2.30. The largest absolute Gasteiger partial charge is 0.433 e. The van der Waals surface area contributed by atoms with E-state index in [1.165, 1.54) is 6.07 Å². The summed E-state index contributed by atoms with van der Waals surface area (Å²) in [5, 5.41) is 3.95. The molecule has 5 heteroatoms. The van der Waals surface area contributed by atoms with E-state index in [1.807, 2.05) is 6.92 Å². The molecule has 0 fully saturated rings. The summed E-state index contributed by atoms with van der Waals surface area (Å²) in [5.41, 5.74) is 1.33. The van der Waals surface area contributed by atoms with E-state index >= 15 is 0 Å². The van der Waals surface area contributed by atoms with Crippen molar-refractivity contribution in [2.45, 2.75) is 26.4 Å². The van der Waals surface area contributed by atoms with E-state index in [4.69, 9.17) is 0 Å². The third-order valence-corrected chi connectivity index (χ3v) is 2.60. The maximum Gasteiger partial charge on any atom is 0.433 e. The van der Waals surface area contributed by atoms with E-state index in [2.05, 4.69) is 5.10 Å². The van der Waals surface area contributed by atoms with E-state index in [1.54, 1.807) is 13.0 Å².